The number of carbonyl (C=O) groups is 3. The van der Waals surface area contributed by atoms with Crippen LogP contribution in [-0.2, 0) is 20.8 Å². The topological polar surface area (TPSA) is 99.5 Å². The number of carbonyl (C=O) groups excluding carboxylic acids is 3. The van der Waals surface area contributed by atoms with Crippen molar-refractivity contribution < 1.29 is 23.9 Å². The van der Waals surface area contributed by atoms with Gasteiger partial charge in [0, 0.05) is 19.2 Å². The van der Waals surface area contributed by atoms with Gasteiger partial charge in [-0.1, -0.05) is 6.92 Å². The molecule has 1 N–H and O–H groups in total. The number of nitrogens with zero attached hydrogens (tertiary/aromatic N) is 2. The smallest absolute Gasteiger partial charge is 0.348 e. The Hall–Kier alpha value is -2.20. The summed E-state index contributed by atoms with van der Waals surface area (Å²) in [7, 11) is 1.26. The number of methoxy groups -OCH3 is 1. The average molecular weight is 472 g/mol. The highest BCUT2D eigenvalue weighted by Gasteiger charge is 2.27. The molecule has 0 atom stereocenters. The quantitative estimate of drug-likeness (QED) is 0.589. The number of aromatic nitrogens is 2. The number of amides is 1. The van der Waals surface area contributed by atoms with Crippen LogP contribution < -0.4 is 5.32 Å². The Bertz CT molecular complexity index is 871. The average Bonchev–Trinajstić information content (AvgIpc) is 3.16. The Morgan fingerprint density at radius 2 is 2.00 bits per heavy atom. The van der Waals surface area contributed by atoms with E-state index in [1.165, 1.54) is 7.11 Å². The maximum Gasteiger partial charge on any atom is 0.348 e. The van der Waals surface area contributed by atoms with Crippen LogP contribution in [0.4, 0.5) is 5.00 Å². The third-order valence-corrected chi connectivity index (χ3v) is 5.83. The molecular formula is C18H22BrN3O5S. The van der Waals surface area contributed by atoms with Gasteiger partial charge in [-0.15, -0.1) is 11.3 Å². The Kier molecular flexibility index (Phi) is 7.76. The zero-order valence-electron chi connectivity index (χ0n) is 16.1. The fourth-order valence-electron chi connectivity index (χ4n) is 2.41. The van der Waals surface area contributed by atoms with E-state index in [0.717, 1.165) is 21.5 Å². The summed E-state index contributed by atoms with van der Waals surface area (Å²) in [5.74, 6) is -1.44. The fourth-order valence-corrected chi connectivity index (χ4v) is 3.86. The highest BCUT2D eigenvalue weighted by molar-refractivity contribution is 9.10. The second-order valence-corrected chi connectivity index (χ2v) is 7.89. The fraction of sp³-hybridized carbons (Fsp3) is 0.444. The van der Waals surface area contributed by atoms with Gasteiger partial charge < -0.3 is 14.8 Å². The van der Waals surface area contributed by atoms with E-state index in [0.29, 0.717) is 18.5 Å². The standard InChI is InChI=1S/C18H22BrN3O5S/c1-5-8-27-17(24)14-10(2)15(18(25)26-4)28-16(14)20-13(23)6-7-22-9-12(19)11(3)21-22/h9H,5-8H2,1-4H3,(H,20,23). The maximum absolute atomic E-state index is 12.4. The molecule has 2 rings (SSSR count). The third kappa shape index (κ3) is 5.20. The van der Waals surface area contributed by atoms with Gasteiger partial charge in [-0.25, -0.2) is 9.59 Å². The minimum Gasteiger partial charge on any atom is -0.465 e. The van der Waals surface area contributed by atoms with Gasteiger partial charge in [0.15, 0.2) is 0 Å². The number of aryl methyl sites for hydroxylation is 2. The van der Waals surface area contributed by atoms with E-state index in [9.17, 15) is 14.4 Å². The van der Waals surface area contributed by atoms with E-state index < -0.39 is 11.9 Å². The molecule has 0 spiro atoms. The van der Waals surface area contributed by atoms with E-state index >= 15 is 0 Å². The SMILES string of the molecule is CCCOC(=O)c1c(NC(=O)CCn2cc(Br)c(C)n2)sc(C(=O)OC)c1C. The monoisotopic (exact) mass is 471 g/mol. The van der Waals surface area contributed by atoms with Crippen molar-refractivity contribution >= 4 is 50.1 Å². The summed E-state index contributed by atoms with van der Waals surface area (Å²) in [6.45, 7) is 6.00. The molecule has 0 aliphatic carbocycles. The first-order valence-electron chi connectivity index (χ1n) is 8.66. The van der Waals surface area contributed by atoms with E-state index in [1.807, 2.05) is 13.8 Å². The molecule has 28 heavy (non-hydrogen) atoms. The lowest BCUT2D eigenvalue weighted by Gasteiger charge is -2.08. The predicted molar refractivity (Wildman–Crippen MR) is 109 cm³/mol. The molecule has 2 heterocycles. The highest BCUT2D eigenvalue weighted by atomic mass is 79.9. The zero-order valence-corrected chi connectivity index (χ0v) is 18.5. The summed E-state index contributed by atoms with van der Waals surface area (Å²) in [6.07, 6.45) is 2.61. The first-order chi connectivity index (χ1) is 13.3. The summed E-state index contributed by atoms with van der Waals surface area (Å²) in [5, 5.41) is 7.28. The van der Waals surface area contributed by atoms with Gasteiger partial charge in [-0.3, -0.25) is 9.48 Å². The van der Waals surface area contributed by atoms with Crippen LogP contribution in [0.25, 0.3) is 0 Å². The van der Waals surface area contributed by atoms with Crippen molar-refractivity contribution in [1.29, 1.82) is 0 Å². The van der Waals surface area contributed by atoms with Crippen LogP contribution in [0.15, 0.2) is 10.7 Å². The lowest BCUT2D eigenvalue weighted by atomic mass is 10.1. The van der Waals surface area contributed by atoms with E-state index in [2.05, 4.69) is 26.3 Å². The van der Waals surface area contributed by atoms with Crippen LogP contribution in [0, 0.1) is 13.8 Å². The molecule has 0 radical (unpaired) electrons. The summed E-state index contributed by atoms with van der Waals surface area (Å²) in [5.41, 5.74) is 1.45. The number of esters is 2. The largest absolute Gasteiger partial charge is 0.465 e. The molecule has 0 aromatic carbocycles. The summed E-state index contributed by atoms with van der Waals surface area (Å²) >= 11 is 4.38. The number of nitrogens with one attached hydrogen (secondary N) is 1. The van der Waals surface area contributed by atoms with Crippen LogP contribution in [0.3, 0.4) is 0 Å². The van der Waals surface area contributed by atoms with Gasteiger partial charge in [-0.2, -0.15) is 5.10 Å². The van der Waals surface area contributed by atoms with Gasteiger partial charge in [0.05, 0.1) is 29.4 Å². The minimum atomic E-state index is -0.576. The zero-order chi connectivity index (χ0) is 20.8. The number of ether oxygens (including phenoxy) is 2. The highest BCUT2D eigenvalue weighted by Crippen LogP contribution is 2.34. The minimum absolute atomic E-state index is 0.154. The predicted octanol–water partition coefficient (Wildman–Crippen LogP) is 3.71. The third-order valence-electron chi connectivity index (χ3n) is 3.87. The van der Waals surface area contributed by atoms with Crippen LogP contribution >= 0.6 is 27.3 Å². The number of hydrogen-bond acceptors (Lipinski definition) is 7. The van der Waals surface area contributed by atoms with E-state index in [1.54, 1.807) is 17.8 Å². The molecule has 10 heteroatoms. The molecule has 1 amide bonds. The molecule has 0 fully saturated rings. The van der Waals surface area contributed by atoms with Crippen LogP contribution in [0.1, 0.15) is 51.1 Å². The maximum atomic E-state index is 12.4. The lowest BCUT2D eigenvalue weighted by Crippen LogP contribution is -2.17. The molecule has 0 saturated carbocycles. The van der Waals surface area contributed by atoms with Gasteiger partial charge in [0.1, 0.15) is 9.88 Å². The Morgan fingerprint density at radius 1 is 1.29 bits per heavy atom. The van der Waals surface area contributed by atoms with Crippen LogP contribution in [0.2, 0.25) is 0 Å². The van der Waals surface area contributed by atoms with Crippen LogP contribution in [0.5, 0.6) is 0 Å². The molecular weight excluding hydrogens is 450 g/mol. The first-order valence-corrected chi connectivity index (χ1v) is 10.3. The molecule has 0 bridgehead atoms. The van der Waals surface area contributed by atoms with Crippen molar-refractivity contribution in [2.45, 2.75) is 40.2 Å². The van der Waals surface area contributed by atoms with E-state index in [4.69, 9.17) is 9.47 Å². The van der Waals surface area contributed by atoms with Crippen molar-refractivity contribution in [2.75, 3.05) is 19.0 Å². The molecule has 0 aliphatic heterocycles. The second-order valence-electron chi connectivity index (χ2n) is 6.01. The van der Waals surface area contributed by atoms with Gasteiger partial charge in [-0.05, 0) is 41.8 Å². The normalized spacial score (nSPS) is 10.6. The number of rotatable bonds is 8. The molecule has 2 aromatic heterocycles. The first kappa shape index (κ1) is 22.1. The summed E-state index contributed by atoms with van der Waals surface area (Å²) in [4.78, 5) is 37.1. The molecule has 152 valence electrons. The molecule has 0 unspecified atom stereocenters. The molecule has 0 aliphatic rings. The number of anilines is 1. The second kappa shape index (κ2) is 9.83. The van der Waals surface area contributed by atoms with Crippen molar-refractivity contribution in [3.63, 3.8) is 0 Å². The number of hydrogen-bond donors (Lipinski definition) is 1. The van der Waals surface area contributed by atoms with Gasteiger partial charge in [0.2, 0.25) is 5.91 Å². The molecule has 8 nitrogen and oxygen atoms in total. The van der Waals surface area contributed by atoms with E-state index in [-0.39, 0.29) is 34.4 Å². The van der Waals surface area contributed by atoms with Crippen molar-refractivity contribution in [3.8, 4) is 0 Å². The molecule has 0 saturated heterocycles. The van der Waals surface area contributed by atoms with Crippen LogP contribution in [-0.4, -0.2) is 41.3 Å². The van der Waals surface area contributed by atoms with Gasteiger partial charge in [0.25, 0.3) is 0 Å². The molecule has 2 aromatic rings. The van der Waals surface area contributed by atoms with Crippen molar-refractivity contribution in [1.82, 2.24) is 9.78 Å². The Morgan fingerprint density at radius 3 is 2.57 bits per heavy atom. The summed E-state index contributed by atoms with van der Waals surface area (Å²) in [6, 6.07) is 0. The van der Waals surface area contributed by atoms with Gasteiger partial charge >= 0.3 is 11.9 Å². The number of halogens is 1. The Labute approximate surface area is 175 Å². The Balaban J connectivity index is 2.18. The number of thiophene rings is 1. The van der Waals surface area contributed by atoms with Crippen molar-refractivity contribution in [3.05, 3.63) is 32.4 Å². The lowest BCUT2D eigenvalue weighted by molar-refractivity contribution is -0.116. The van der Waals surface area contributed by atoms with Crippen molar-refractivity contribution in [2.24, 2.45) is 0 Å². The summed E-state index contributed by atoms with van der Waals surface area (Å²) < 4.78 is 12.5.